The highest BCUT2D eigenvalue weighted by Crippen LogP contribution is 2.35. The Bertz CT molecular complexity index is 1020. The zero-order valence-electron chi connectivity index (χ0n) is 18.6. The summed E-state index contributed by atoms with van der Waals surface area (Å²) in [6.45, 7) is 3.13. The Hall–Kier alpha value is -2.68. The van der Waals surface area contributed by atoms with Crippen molar-refractivity contribution in [1.29, 1.82) is 0 Å². The summed E-state index contributed by atoms with van der Waals surface area (Å²) in [6.07, 6.45) is -4.05. The molecule has 33 heavy (non-hydrogen) atoms. The molecule has 1 aliphatic carbocycles. The molecule has 1 saturated carbocycles. The van der Waals surface area contributed by atoms with Crippen LogP contribution in [0.1, 0.15) is 36.2 Å². The van der Waals surface area contributed by atoms with E-state index in [9.17, 15) is 18.0 Å². The third-order valence-electron chi connectivity index (χ3n) is 6.02. The fourth-order valence-corrected chi connectivity index (χ4v) is 4.20. The second-order valence-corrected chi connectivity index (χ2v) is 8.83. The first-order chi connectivity index (χ1) is 15.6. The van der Waals surface area contributed by atoms with Crippen LogP contribution in [-0.4, -0.2) is 42.9 Å². The van der Waals surface area contributed by atoms with Gasteiger partial charge in [-0.1, -0.05) is 6.07 Å². The van der Waals surface area contributed by atoms with E-state index in [2.05, 4.69) is 10.3 Å². The van der Waals surface area contributed by atoms with Gasteiger partial charge >= 0.3 is 6.18 Å². The van der Waals surface area contributed by atoms with E-state index in [0.29, 0.717) is 17.9 Å². The van der Waals surface area contributed by atoms with Gasteiger partial charge in [-0.15, -0.1) is 0 Å². The molecule has 0 spiro atoms. The van der Waals surface area contributed by atoms with Gasteiger partial charge in [-0.25, -0.2) is 4.39 Å². The number of morpholine rings is 1. The summed E-state index contributed by atoms with van der Waals surface area (Å²) in [4.78, 5) is 18.0. The van der Waals surface area contributed by atoms with Crippen LogP contribution >= 0.6 is 0 Å². The summed E-state index contributed by atoms with van der Waals surface area (Å²) in [7, 11) is 0. The van der Waals surface area contributed by atoms with Crippen molar-refractivity contribution in [2.45, 2.75) is 51.9 Å². The molecule has 0 radical (unpaired) electrons. The molecular weight excluding hydrogens is 438 g/mol. The molecule has 1 unspecified atom stereocenters. The number of amides is 1. The fourth-order valence-electron chi connectivity index (χ4n) is 4.20. The van der Waals surface area contributed by atoms with Crippen molar-refractivity contribution in [1.82, 2.24) is 10.3 Å². The van der Waals surface area contributed by atoms with Crippen molar-refractivity contribution in [3.05, 3.63) is 47.0 Å². The average molecular weight is 465 g/mol. The minimum atomic E-state index is -4.53. The van der Waals surface area contributed by atoms with E-state index in [1.54, 1.807) is 6.07 Å². The number of pyridine rings is 1. The van der Waals surface area contributed by atoms with E-state index < -0.39 is 24.6 Å². The van der Waals surface area contributed by atoms with Crippen molar-refractivity contribution in [3.63, 3.8) is 0 Å². The molecule has 1 saturated heterocycles. The molecule has 1 N–H and O–H groups in total. The Labute approximate surface area is 190 Å². The van der Waals surface area contributed by atoms with Crippen molar-refractivity contribution in [2.24, 2.45) is 5.92 Å². The van der Waals surface area contributed by atoms with Crippen LogP contribution in [-0.2, 0) is 16.1 Å². The van der Waals surface area contributed by atoms with E-state index in [-0.39, 0.29) is 36.9 Å². The number of carbonyl (C=O) groups excluding carboxylic acids is 1. The lowest BCUT2D eigenvalue weighted by Gasteiger charge is -2.35. The van der Waals surface area contributed by atoms with Crippen molar-refractivity contribution in [3.8, 4) is 11.1 Å². The highest BCUT2D eigenvalue weighted by molar-refractivity contribution is 5.78. The molecular formula is C24H27F4N3O2. The highest BCUT2D eigenvalue weighted by atomic mass is 19.4. The third-order valence-corrected chi connectivity index (χ3v) is 6.02. The Morgan fingerprint density at radius 2 is 1.91 bits per heavy atom. The number of aromatic nitrogens is 1. The van der Waals surface area contributed by atoms with Gasteiger partial charge in [-0.3, -0.25) is 9.78 Å². The number of aryl methyl sites for hydroxylation is 2. The first-order valence-corrected chi connectivity index (χ1v) is 11.1. The maximum absolute atomic E-state index is 15.8. The number of halogens is 4. The first-order valence-electron chi connectivity index (χ1n) is 11.1. The molecule has 9 heteroatoms. The van der Waals surface area contributed by atoms with E-state index in [1.807, 2.05) is 26.0 Å². The number of hydrogen-bond acceptors (Lipinski definition) is 4. The van der Waals surface area contributed by atoms with Crippen LogP contribution in [0.5, 0.6) is 0 Å². The van der Waals surface area contributed by atoms with Crippen LogP contribution in [0.25, 0.3) is 11.1 Å². The number of hydrogen-bond donors (Lipinski definition) is 1. The maximum atomic E-state index is 15.8. The quantitative estimate of drug-likeness (QED) is 0.629. The zero-order chi connectivity index (χ0) is 23.8. The van der Waals surface area contributed by atoms with E-state index in [4.69, 9.17) is 4.74 Å². The number of alkyl halides is 3. The Morgan fingerprint density at radius 1 is 1.21 bits per heavy atom. The second kappa shape index (κ2) is 9.29. The third kappa shape index (κ3) is 5.63. The van der Waals surface area contributed by atoms with Gasteiger partial charge in [-0.2, -0.15) is 13.2 Å². The molecule has 2 aromatic rings. The lowest BCUT2D eigenvalue weighted by Crippen LogP contribution is -2.49. The van der Waals surface area contributed by atoms with Gasteiger partial charge in [0.2, 0.25) is 5.91 Å². The molecule has 2 heterocycles. The summed E-state index contributed by atoms with van der Waals surface area (Å²) in [5, 5.41) is 2.80. The monoisotopic (exact) mass is 465 g/mol. The first kappa shape index (κ1) is 23.5. The van der Waals surface area contributed by atoms with Crippen LogP contribution in [0.3, 0.4) is 0 Å². The summed E-state index contributed by atoms with van der Waals surface area (Å²) in [6, 6.07) is 6.86. The van der Waals surface area contributed by atoms with Crippen molar-refractivity contribution < 1.29 is 27.1 Å². The van der Waals surface area contributed by atoms with Crippen LogP contribution in [0, 0.1) is 25.6 Å². The molecule has 178 valence electrons. The smallest absolute Gasteiger partial charge is 0.365 e. The van der Waals surface area contributed by atoms with Gasteiger partial charge in [0.05, 0.1) is 18.8 Å². The lowest BCUT2D eigenvalue weighted by molar-refractivity contribution is -0.221. The van der Waals surface area contributed by atoms with Crippen LogP contribution in [0.4, 0.5) is 23.2 Å². The Morgan fingerprint density at radius 3 is 2.55 bits per heavy atom. The van der Waals surface area contributed by atoms with Crippen LogP contribution in [0.15, 0.2) is 24.3 Å². The maximum Gasteiger partial charge on any atom is 0.416 e. The minimum Gasteiger partial charge on any atom is -0.365 e. The molecule has 1 atom stereocenters. The highest BCUT2D eigenvalue weighted by Gasteiger charge is 2.43. The molecule has 1 amide bonds. The number of ether oxygens (including phenoxy) is 1. The Kier molecular flexibility index (Phi) is 6.61. The second-order valence-electron chi connectivity index (χ2n) is 8.83. The van der Waals surface area contributed by atoms with Gasteiger partial charge < -0.3 is 15.0 Å². The Balaban J connectivity index is 1.68. The molecule has 1 aromatic carbocycles. The summed E-state index contributed by atoms with van der Waals surface area (Å²) >= 11 is 0. The largest absolute Gasteiger partial charge is 0.416 e. The van der Waals surface area contributed by atoms with Gasteiger partial charge in [0.1, 0.15) is 0 Å². The summed E-state index contributed by atoms with van der Waals surface area (Å²) in [5.41, 5.74) is 3.17. The van der Waals surface area contributed by atoms with E-state index in [0.717, 1.165) is 29.8 Å². The molecule has 2 fully saturated rings. The number of benzene rings is 1. The van der Waals surface area contributed by atoms with Gasteiger partial charge in [0, 0.05) is 36.5 Å². The molecule has 1 aromatic heterocycles. The summed E-state index contributed by atoms with van der Waals surface area (Å²) in [5.74, 6) is -0.396. The number of nitrogens with zero attached hydrogens (tertiary/aromatic N) is 2. The van der Waals surface area contributed by atoms with E-state index >= 15 is 4.39 Å². The lowest BCUT2D eigenvalue weighted by atomic mass is 9.97. The average Bonchev–Trinajstić information content (AvgIpc) is 3.55. The number of carbonyl (C=O) groups is 1. The molecule has 0 bridgehead atoms. The molecule has 2 aliphatic rings. The normalized spacial score (nSPS) is 19.0. The number of nitrogens with one attached hydrogen (secondary N) is 1. The number of rotatable bonds is 6. The van der Waals surface area contributed by atoms with E-state index in [1.165, 1.54) is 11.0 Å². The van der Waals surface area contributed by atoms with Crippen LogP contribution in [0.2, 0.25) is 0 Å². The fraction of sp³-hybridized carbons (Fsp3) is 0.500. The zero-order valence-corrected chi connectivity index (χ0v) is 18.6. The molecule has 1 aliphatic heterocycles. The SMILES string of the molecule is Cc1cc(-c2ccc(N3CCOC(C(F)(F)F)C3)c(F)c2CNC(=O)CC2CC2)cc(C)n1. The van der Waals surface area contributed by atoms with Gasteiger partial charge in [-0.05, 0) is 61.9 Å². The predicted octanol–water partition coefficient (Wildman–Crippen LogP) is 4.69. The standard InChI is InChI=1S/C24H27F4N3O2/c1-14-9-17(10-15(2)30-14)18-5-6-20(31-7-8-33-21(13-31)24(26,27)28)23(25)19(18)12-29-22(32)11-16-3-4-16/h5-6,9-10,16,21H,3-4,7-8,11-13H2,1-2H3,(H,29,32). The minimum absolute atomic E-state index is 0.0476. The summed E-state index contributed by atoms with van der Waals surface area (Å²) < 4.78 is 60.2. The van der Waals surface area contributed by atoms with Crippen molar-refractivity contribution in [2.75, 3.05) is 24.6 Å². The number of anilines is 1. The predicted molar refractivity (Wildman–Crippen MR) is 116 cm³/mol. The topological polar surface area (TPSA) is 54.5 Å². The molecule has 4 rings (SSSR count). The molecule has 5 nitrogen and oxygen atoms in total. The van der Waals surface area contributed by atoms with Gasteiger partial charge in [0.15, 0.2) is 11.9 Å². The van der Waals surface area contributed by atoms with Gasteiger partial charge in [0.25, 0.3) is 0 Å². The van der Waals surface area contributed by atoms with Crippen molar-refractivity contribution >= 4 is 11.6 Å². The van der Waals surface area contributed by atoms with Crippen LogP contribution < -0.4 is 10.2 Å².